The van der Waals surface area contributed by atoms with Gasteiger partial charge in [0.25, 0.3) is 5.91 Å². The van der Waals surface area contributed by atoms with E-state index in [1.165, 1.54) is 6.42 Å². The lowest BCUT2D eigenvalue weighted by Gasteiger charge is -2.40. The Morgan fingerprint density at radius 3 is 2.75 bits per heavy atom. The molecule has 0 radical (unpaired) electrons. The van der Waals surface area contributed by atoms with Crippen LogP contribution in [0.1, 0.15) is 36.5 Å². The fourth-order valence-electron chi connectivity index (χ4n) is 2.39. The number of methoxy groups -OCH3 is 1. The molecule has 0 saturated heterocycles. The molecule has 0 unspecified atom stereocenters. The van der Waals surface area contributed by atoms with Crippen LogP contribution < -0.4 is 16.4 Å². The van der Waals surface area contributed by atoms with Crippen LogP contribution in [0.3, 0.4) is 0 Å². The number of carbonyl (C=O) groups is 1. The van der Waals surface area contributed by atoms with Crippen molar-refractivity contribution in [1.82, 2.24) is 5.32 Å². The molecule has 0 atom stereocenters. The quantitative estimate of drug-likeness (QED) is 0.695. The molecule has 0 heterocycles. The van der Waals surface area contributed by atoms with Crippen LogP contribution in [0.5, 0.6) is 0 Å². The molecule has 5 nitrogen and oxygen atoms in total. The number of ether oxygens (including phenoxy) is 1. The number of anilines is 2. The van der Waals surface area contributed by atoms with Gasteiger partial charge in [0.1, 0.15) is 0 Å². The van der Waals surface area contributed by atoms with E-state index in [9.17, 15) is 4.79 Å². The van der Waals surface area contributed by atoms with Gasteiger partial charge in [0.2, 0.25) is 0 Å². The predicted molar refractivity (Wildman–Crippen MR) is 80.9 cm³/mol. The van der Waals surface area contributed by atoms with E-state index in [1.54, 1.807) is 25.3 Å². The van der Waals surface area contributed by atoms with Gasteiger partial charge < -0.3 is 21.1 Å². The van der Waals surface area contributed by atoms with Gasteiger partial charge in [0.05, 0.1) is 17.0 Å². The molecule has 5 heteroatoms. The van der Waals surface area contributed by atoms with Gasteiger partial charge in [0, 0.05) is 25.8 Å². The molecule has 0 aliphatic heterocycles. The fourth-order valence-corrected chi connectivity index (χ4v) is 2.39. The van der Waals surface area contributed by atoms with Crippen molar-refractivity contribution in [2.24, 2.45) is 0 Å². The summed E-state index contributed by atoms with van der Waals surface area (Å²) in [5.41, 5.74) is 7.93. The van der Waals surface area contributed by atoms with Crippen LogP contribution in [0.25, 0.3) is 0 Å². The molecule has 4 N–H and O–H groups in total. The van der Waals surface area contributed by atoms with Gasteiger partial charge in [-0.15, -0.1) is 0 Å². The molecule has 110 valence electrons. The summed E-state index contributed by atoms with van der Waals surface area (Å²) < 4.78 is 5.57. The first-order valence-corrected chi connectivity index (χ1v) is 7.07. The summed E-state index contributed by atoms with van der Waals surface area (Å²) in [6.45, 7) is 3.22. The molecule has 0 aromatic heterocycles. The first-order valence-electron chi connectivity index (χ1n) is 7.07. The van der Waals surface area contributed by atoms with E-state index < -0.39 is 0 Å². The Hall–Kier alpha value is -1.75. The number of hydrogen-bond acceptors (Lipinski definition) is 4. The van der Waals surface area contributed by atoms with Crippen molar-refractivity contribution in [2.75, 3.05) is 31.2 Å². The lowest BCUT2D eigenvalue weighted by atomic mass is 9.80. The number of benzene rings is 1. The number of nitrogen functional groups attached to an aromatic ring is 1. The Bertz CT molecular complexity index is 478. The van der Waals surface area contributed by atoms with Crippen molar-refractivity contribution in [3.8, 4) is 0 Å². The minimum atomic E-state index is -0.0827. The number of nitrogens with one attached hydrogen (secondary N) is 2. The van der Waals surface area contributed by atoms with Crippen molar-refractivity contribution in [2.45, 2.75) is 31.8 Å². The number of carbonyl (C=O) groups excluding carboxylic acids is 1. The highest BCUT2D eigenvalue weighted by Gasteiger charge is 2.36. The number of hydrogen-bond donors (Lipinski definition) is 3. The molecule has 1 amide bonds. The van der Waals surface area contributed by atoms with E-state index in [4.69, 9.17) is 10.5 Å². The second-order valence-corrected chi connectivity index (χ2v) is 5.26. The number of rotatable bonds is 6. The molecular weight excluding hydrogens is 254 g/mol. The molecule has 1 aromatic carbocycles. The smallest absolute Gasteiger partial charge is 0.251 e. The van der Waals surface area contributed by atoms with Crippen LogP contribution in [0.4, 0.5) is 11.4 Å². The van der Waals surface area contributed by atoms with Gasteiger partial charge in [-0.05, 0) is 44.4 Å². The molecular formula is C15H23N3O2. The molecule has 1 saturated carbocycles. The van der Waals surface area contributed by atoms with Crippen molar-refractivity contribution in [3.05, 3.63) is 23.8 Å². The highest BCUT2D eigenvalue weighted by Crippen LogP contribution is 2.35. The fraction of sp³-hybridized carbons (Fsp3) is 0.533. The summed E-state index contributed by atoms with van der Waals surface area (Å²) in [7, 11) is 1.75. The Balaban J connectivity index is 2.06. The molecule has 0 spiro atoms. The molecule has 20 heavy (non-hydrogen) atoms. The van der Waals surface area contributed by atoms with Gasteiger partial charge in [-0.1, -0.05) is 0 Å². The first-order chi connectivity index (χ1) is 9.60. The molecule has 2 rings (SSSR count). The molecule has 1 aliphatic rings. The lowest BCUT2D eigenvalue weighted by Crippen LogP contribution is -2.45. The van der Waals surface area contributed by atoms with Gasteiger partial charge in [0.15, 0.2) is 0 Å². The maximum atomic E-state index is 11.8. The Morgan fingerprint density at radius 1 is 1.45 bits per heavy atom. The molecule has 1 fully saturated rings. The highest BCUT2D eigenvalue weighted by atomic mass is 16.5. The summed E-state index contributed by atoms with van der Waals surface area (Å²) in [5, 5.41) is 6.10. The second kappa shape index (κ2) is 6.13. The Morgan fingerprint density at radius 2 is 2.20 bits per heavy atom. The van der Waals surface area contributed by atoms with Crippen molar-refractivity contribution < 1.29 is 9.53 Å². The van der Waals surface area contributed by atoms with Gasteiger partial charge in [-0.25, -0.2) is 0 Å². The van der Waals surface area contributed by atoms with Crippen LogP contribution in [0.15, 0.2) is 18.2 Å². The van der Waals surface area contributed by atoms with Gasteiger partial charge >= 0.3 is 0 Å². The highest BCUT2D eigenvalue weighted by molar-refractivity contribution is 5.96. The van der Waals surface area contributed by atoms with Crippen molar-refractivity contribution >= 4 is 17.3 Å². The van der Waals surface area contributed by atoms with E-state index in [-0.39, 0.29) is 11.5 Å². The normalized spacial score (nSPS) is 16.3. The zero-order chi connectivity index (χ0) is 14.6. The molecule has 1 aromatic rings. The number of nitrogens with two attached hydrogens (primary N) is 1. The van der Waals surface area contributed by atoms with E-state index in [0.29, 0.717) is 24.3 Å². The zero-order valence-corrected chi connectivity index (χ0v) is 12.2. The SMILES string of the molecule is CCNC(=O)c1ccc(N)c(NCC2(OC)CCC2)c1. The van der Waals surface area contributed by atoms with E-state index in [1.807, 2.05) is 6.92 Å². The van der Waals surface area contributed by atoms with Crippen LogP contribution >= 0.6 is 0 Å². The standard InChI is InChI=1S/C15H23N3O2/c1-3-17-14(19)11-5-6-12(16)13(9-11)18-10-15(20-2)7-4-8-15/h5-6,9,18H,3-4,7-8,10,16H2,1-2H3,(H,17,19). The third-order valence-electron chi connectivity index (χ3n) is 3.95. The van der Waals surface area contributed by atoms with Gasteiger partial charge in [-0.3, -0.25) is 4.79 Å². The average Bonchev–Trinajstić information content (AvgIpc) is 2.40. The van der Waals surface area contributed by atoms with Crippen LogP contribution in [0, 0.1) is 0 Å². The van der Waals surface area contributed by atoms with Gasteiger partial charge in [-0.2, -0.15) is 0 Å². The predicted octanol–water partition coefficient (Wildman–Crippen LogP) is 2.00. The maximum absolute atomic E-state index is 11.8. The van der Waals surface area contributed by atoms with Crippen molar-refractivity contribution in [3.63, 3.8) is 0 Å². The summed E-state index contributed by atoms with van der Waals surface area (Å²) in [4.78, 5) is 11.8. The van der Waals surface area contributed by atoms with E-state index in [2.05, 4.69) is 10.6 Å². The lowest BCUT2D eigenvalue weighted by molar-refractivity contribution is -0.0601. The van der Waals surface area contributed by atoms with E-state index >= 15 is 0 Å². The third kappa shape index (κ3) is 3.04. The van der Waals surface area contributed by atoms with Crippen LogP contribution in [0.2, 0.25) is 0 Å². The number of amides is 1. The van der Waals surface area contributed by atoms with Crippen LogP contribution in [-0.4, -0.2) is 31.7 Å². The molecule has 1 aliphatic carbocycles. The zero-order valence-electron chi connectivity index (χ0n) is 12.2. The topological polar surface area (TPSA) is 76.4 Å². The third-order valence-corrected chi connectivity index (χ3v) is 3.95. The van der Waals surface area contributed by atoms with E-state index in [0.717, 1.165) is 18.5 Å². The summed E-state index contributed by atoms with van der Waals surface area (Å²) >= 11 is 0. The summed E-state index contributed by atoms with van der Waals surface area (Å²) in [6.07, 6.45) is 3.32. The average molecular weight is 277 g/mol. The summed E-state index contributed by atoms with van der Waals surface area (Å²) in [6, 6.07) is 5.29. The minimum Gasteiger partial charge on any atom is -0.397 e. The molecule has 0 bridgehead atoms. The Labute approximate surface area is 119 Å². The van der Waals surface area contributed by atoms with Crippen LogP contribution in [-0.2, 0) is 4.74 Å². The minimum absolute atomic E-state index is 0.0753. The monoisotopic (exact) mass is 277 g/mol. The van der Waals surface area contributed by atoms with Crippen molar-refractivity contribution in [1.29, 1.82) is 0 Å². The largest absolute Gasteiger partial charge is 0.397 e. The maximum Gasteiger partial charge on any atom is 0.251 e. The summed E-state index contributed by atoms with van der Waals surface area (Å²) in [5.74, 6) is -0.0827. The first kappa shape index (κ1) is 14.7. The second-order valence-electron chi connectivity index (χ2n) is 5.26. The Kier molecular flexibility index (Phi) is 4.49.